The molecule has 0 unspecified atom stereocenters. The van der Waals surface area contributed by atoms with Gasteiger partial charge in [-0.3, -0.25) is 19.8 Å². The van der Waals surface area contributed by atoms with E-state index in [4.69, 9.17) is 14.8 Å². The van der Waals surface area contributed by atoms with Crippen molar-refractivity contribution in [3.63, 3.8) is 0 Å². The average Bonchev–Trinajstić information content (AvgIpc) is 3.84. The Hall–Kier alpha value is -5.36. The van der Waals surface area contributed by atoms with Gasteiger partial charge in [-0.15, -0.1) is 11.3 Å². The summed E-state index contributed by atoms with van der Waals surface area (Å²) in [4.78, 5) is 24.4. The maximum absolute atomic E-state index is 5.71. The van der Waals surface area contributed by atoms with Gasteiger partial charge in [0.05, 0.1) is 45.9 Å². The van der Waals surface area contributed by atoms with Gasteiger partial charge in [0.25, 0.3) is 0 Å². The summed E-state index contributed by atoms with van der Waals surface area (Å²) < 4.78 is 7.66. The number of rotatable bonds is 9. The summed E-state index contributed by atoms with van der Waals surface area (Å²) in [6.07, 6.45) is 14.9. The molecule has 3 aliphatic rings. The molecule has 4 aromatic heterocycles. The second-order valence-electron chi connectivity index (χ2n) is 16.4. The number of benzene rings is 3. The van der Waals surface area contributed by atoms with Crippen molar-refractivity contribution in [3.05, 3.63) is 131 Å². The molecule has 1 saturated carbocycles. The van der Waals surface area contributed by atoms with E-state index in [-0.39, 0.29) is 0 Å². The Morgan fingerprint density at radius 1 is 0.617 bits per heavy atom. The lowest BCUT2D eigenvalue weighted by Crippen LogP contribution is -2.31. The monoisotopic (exact) mass is 819 g/mol. The minimum atomic E-state index is 0.723. The number of methoxy groups -OCH3 is 1. The zero-order valence-electron chi connectivity index (χ0n) is 34.9. The maximum atomic E-state index is 5.71. The Morgan fingerprint density at radius 3 is 2.10 bits per heavy atom. The van der Waals surface area contributed by atoms with Crippen LogP contribution in [0.2, 0.25) is 0 Å². The van der Waals surface area contributed by atoms with Gasteiger partial charge >= 0.3 is 0 Å². The third-order valence-corrected chi connectivity index (χ3v) is 13.4. The predicted octanol–water partition coefficient (Wildman–Crippen LogP) is 9.59. The minimum absolute atomic E-state index is 0.723. The van der Waals surface area contributed by atoms with Crippen LogP contribution < -0.4 is 14.5 Å². The fraction of sp³-hybridized carbons (Fsp3) is 0.388. The molecule has 10 rings (SSSR count). The van der Waals surface area contributed by atoms with Crippen LogP contribution in [0.1, 0.15) is 67.3 Å². The summed E-state index contributed by atoms with van der Waals surface area (Å²) in [5, 5.41) is 10.8. The quantitative estimate of drug-likeness (QED) is 0.142. The number of ether oxygens (including phenoxy) is 1. The number of thiazole rings is 1. The molecule has 11 heteroatoms. The highest BCUT2D eigenvalue weighted by Crippen LogP contribution is 2.36. The van der Waals surface area contributed by atoms with Crippen LogP contribution in [0, 0.1) is 0 Å². The van der Waals surface area contributed by atoms with Crippen LogP contribution in [0.5, 0.6) is 5.75 Å². The molecule has 0 amide bonds. The van der Waals surface area contributed by atoms with E-state index >= 15 is 0 Å². The first-order chi connectivity index (χ1) is 29.7. The Morgan fingerprint density at radius 2 is 1.32 bits per heavy atom. The van der Waals surface area contributed by atoms with Crippen LogP contribution in [0.15, 0.2) is 115 Å². The molecule has 7 aromatic rings. The van der Waals surface area contributed by atoms with E-state index in [0.717, 1.165) is 117 Å². The van der Waals surface area contributed by atoms with Gasteiger partial charge in [0.15, 0.2) is 0 Å². The van der Waals surface area contributed by atoms with E-state index in [1.54, 1.807) is 7.11 Å². The normalized spacial score (nSPS) is 17.3. The number of hydrogen-bond donors (Lipinski definition) is 0. The van der Waals surface area contributed by atoms with E-state index in [1.165, 1.54) is 60.3 Å². The largest absolute Gasteiger partial charge is 0.494 e. The van der Waals surface area contributed by atoms with Crippen molar-refractivity contribution in [2.24, 2.45) is 0 Å². The van der Waals surface area contributed by atoms with Crippen molar-refractivity contribution in [2.45, 2.75) is 64.0 Å². The highest BCUT2D eigenvalue weighted by atomic mass is 32.1. The van der Waals surface area contributed by atoms with Crippen molar-refractivity contribution < 1.29 is 4.74 Å². The number of para-hydroxylation sites is 2. The van der Waals surface area contributed by atoms with Gasteiger partial charge < -0.3 is 14.5 Å². The number of aromatic nitrogens is 5. The van der Waals surface area contributed by atoms with Gasteiger partial charge in [0.1, 0.15) is 11.4 Å². The van der Waals surface area contributed by atoms with Gasteiger partial charge in [-0.05, 0) is 74.2 Å². The van der Waals surface area contributed by atoms with Gasteiger partial charge in [-0.1, -0.05) is 61.7 Å². The summed E-state index contributed by atoms with van der Waals surface area (Å²) in [6.45, 7) is 10.2. The van der Waals surface area contributed by atoms with Crippen LogP contribution in [0.4, 0.5) is 11.4 Å². The smallest absolute Gasteiger partial charge is 0.144 e. The summed E-state index contributed by atoms with van der Waals surface area (Å²) in [5.41, 5.74) is 7.98. The first-order valence-corrected chi connectivity index (χ1v) is 22.8. The summed E-state index contributed by atoms with van der Waals surface area (Å²) in [7, 11) is 1.74. The maximum Gasteiger partial charge on any atom is 0.144 e. The molecule has 0 atom stereocenters. The first-order valence-electron chi connectivity index (χ1n) is 21.9. The second kappa shape index (κ2) is 19.4. The molecule has 2 saturated heterocycles. The zero-order valence-corrected chi connectivity index (χ0v) is 35.7. The molecule has 60 heavy (non-hydrogen) atoms. The Labute approximate surface area is 358 Å². The molecule has 3 fully saturated rings. The molecule has 0 bridgehead atoms. The minimum Gasteiger partial charge on any atom is -0.494 e. The number of fused-ring (bicyclic) bond motifs is 2. The molecule has 3 aromatic carbocycles. The van der Waals surface area contributed by atoms with Crippen LogP contribution in [-0.4, -0.2) is 94.0 Å². The third-order valence-electron chi connectivity index (χ3n) is 12.3. The van der Waals surface area contributed by atoms with Crippen molar-refractivity contribution in [1.82, 2.24) is 34.5 Å². The molecule has 1 aliphatic carbocycles. The molecular weight excluding hydrogens is 763 g/mol. The van der Waals surface area contributed by atoms with Crippen molar-refractivity contribution >= 4 is 44.5 Å². The predicted molar refractivity (Wildman–Crippen MR) is 246 cm³/mol. The van der Waals surface area contributed by atoms with Crippen molar-refractivity contribution in [1.29, 1.82) is 0 Å². The highest BCUT2D eigenvalue weighted by Gasteiger charge is 2.23. The number of pyridine rings is 2. The SMILES string of the molecule is COc1ccc2cccnc2c1N1CCCN(Cc2ccn(-c3ccccc3)n2)CC1.c1cnc2c(N3CCCN(Cc4csc(C5CCCCC5)n4)CC3)cccc2c1. The summed E-state index contributed by atoms with van der Waals surface area (Å²) in [5.74, 6) is 1.61. The van der Waals surface area contributed by atoms with Gasteiger partial charge in [-0.2, -0.15) is 5.10 Å². The zero-order chi connectivity index (χ0) is 40.5. The lowest BCUT2D eigenvalue weighted by Gasteiger charge is -2.26. The van der Waals surface area contributed by atoms with Crippen molar-refractivity contribution in [3.8, 4) is 11.4 Å². The average molecular weight is 820 g/mol. The highest BCUT2D eigenvalue weighted by molar-refractivity contribution is 7.09. The Kier molecular flexibility index (Phi) is 12.9. The van der Waals surface area contributed by atoms with E-state index < -0.39 is 0 Å². The van der Waals surface area contributed by atoms with Crippen LogP contribution in [0.3, 0.4) is 0 Å². The van der Waals surface area contributed by atoms with E-state index in [1.807, 2.05) is 64.9 Å². The molecule has 6 heterocycles. The standard InChI is InChI=1S/C25H27N5O.C24H30N4S/c1-31-23-11-10-20-7-5-13-26-24(20)25(23)29-15-6-14-28(17-18-29)19-21-12-16-30(27-21)22-8-3-2-4-9-22;1-2-7-20(8-3-1)24-26-21(18-29-24)17-27-13-6-14-28(16-15-27)22-11-4-9-19-10-5-12-25-23(19)22/h2-5,7-13,16H,6,14-15,17-19H2,1H3;4-5,9-12,18,20H,1-3,6-8,13-17H2. The molecular formula is C49H57N9OS. The molecule has 0 radical (unpaired) electrons. The third kappa shape index (κ3) is 9.49. The summed E-state index contributed by atoms with van der Waals surface area (Å²) in [6, 6.07) is 31.3. The summed E-state index contributed by atoms with van der Waals surface area (Å²) >= 11 is 1.89. The van der Waals surface area contributed by atoms with Gasteiger partial charge in [0, 0.05) is 106 Å². The molecule has 0 N–H and O–H groups in total. The lowest BCUT2D eigenvalue weighted by atomic mass is 9.90. The lowest BCUT2D eigenvalue weighted by molar-refractivity contribution is 0.281. The van der Waals surface area contributed by atoms with Gasteiger partial charge in [0.2, 0.25) is 0 Å². The van der Waals surface area contributed by atoms with Crippen LogP contribution >= 0.6 is 11.3 Å². The number of anilines is 2. The molecule has 310 valence electrons. The van der Waals surface area contributed by atoms with Crippen LogP contribution in [0.25, 0.3) is 27.5 Å². The van der Waals surface area contributed by atoms with E-state index in [2.05, 4.69) is 95.6 Å². The van der Waals surface area contributed by atoms with E-state index in [9.17, 15) is 0 Å². The number of hydrogen-bond acceptors (Lipinski definition) is 10. The second-order valence-corrected chi connectivity index (χ2v) is 17.3. The topological polar surface area (TPSA) is 78.7 Å². The Bertz CT molecular complexity index is 2440. The fourth-order valence-electron chi connectivity index (χ4n) is 9.21. The fourth-order valence-corrected chi connectivity index (χ4v) is 10.2. The first kappa shape index (κ1) is 40.1. The van der Waals surface area contributed by atoms with Crippen LogP contribution in [-0.2, 0) is 13.1 Å². The molecule has 10 nitrogen and oxygen atoms in total. The Balaban J connectivity index is 0.000000154. The number of nitrogens with zero attached hydrogens (tertiary/aromatic N) is 9. The molecule has 2 aliphatic heterocycles. The van der Waals surface area contributed by atoms with E-state index in [0.29, 0.717) is 0 Å². The van der Waals surface area contributed by atoms with Gasteiger partial charge in [-0.25, -0.2) is 9.67 Å². The van der Waals surface area contributed by atoms with Crippen molar-refractivity contribution in [2.75, 3.05) is 69.3 Å². The molecule has 0 spiro atoms.